The third kappa shape index (κ3) is 7.16. The number of aromatic amines is 1. The molecule has 0 aliphatic heterocycles. The van der Waals surface area contributed by atoms with Crippen molar-refractivity contribution in [2.24, 2.45) is 23.7 Å². The topological polar surface area (TPSA) is 150 Å². The average Bonchev–Trinajstić information content (AvgIpc) is 3.40. The van der Waals surface area contributed by atoms with Gasteiger partial charge in [-0.1, -0.05) is 48.5 Å². The first kappa shape index (κ1) is 30.7. The normalized spacial score (nSPS) is 25.2. The van der Waals surface area contributed by atoms with Crippen LogP contribution in [-0.4, -0.2) is 58.2 Å². The number of carboxylic acids is 1. The lowest BCUT2D eigenvalue weighted by atomic mass is 9.55. The maximum Gasteiger partial charge on any atom is 0.408 e. The molecular weight excluding hydrogens is 572 g/mol. The van der Waals surface area contributed by atoms with Gasteiger partial charge < -0.3 is 30.8 Å². The van der Waals surface area contributed by atoms with Crippen LogP contribution in [0.25, 0.3) is 10.9 Å². The largest absolute Gasteiger partial charge is 0.480 e. The smallest absolute Gasteiger partial charge is 0.408 e. The van der Waals surface area contributed by atoms with Crippen LogP contribution in [0.2, 0.25) is 0 Å². The summed E-state index contributed by atoms with van der Waals surface area (Å²) >= 11 is 0. The fraction of sp³-hybridized carbons (Fsp3) is 0.486. The summed E-state index contributed by atoms with van der Waals surface area (Å²) in [7, 11) is 0. The van der Waals surface area contributed by atoms with E-state index in [2.05, 4.69) is 20.9 Å². The number of rotatable bonds is 12. The van der Waals surface area contributed by atoms with E-state index in [1.54, 1.807) is 6.92 Å². The van der Waals surface area contributed by atoms with Gasteiger partial charge in [-0.3, -0.25) is 14.4 Å². The number of alkyl carbamates (subject to hydrolysis) is 1. The van der Waals surface area contributed by atoms with Crippen LogP contribution in [0.4, 0.5) is 4.79 Å². The SMILES string of the molecule is C[C@](Cc1c[nH]c2ccccc12)(NC(=O)OC1C2CC3CC(C2)CC1C3)C(=O)N[C@H](CC(=O)NCC(=O)O)Cc1ccccc1. The lowest BCUT2D eigenvalue weighted by Crippen LogP contribution is -2.61. The first-order valence-electron chi connectivity index (χ1n) is 16.0. The summed E-state index contributed by atoms with van der Waals surface area (Å²) in [6, 6.07) is 16.6. The Morgan fingerprint density at radius 3 is 2.31 bits per heavy atom. The molecule has 2 aromatic carbocycles. The second-order valence-corrected chi connectivity index (χ2v) is 13.5. The van der Waals surface area contributed by atoms with Crippen LogP contribution < -0.4 is 16.0 Å². The van der Waals surface area contributed by atoms with Crippen LogP contribution >= 0.6 is 0 Å². The standard InChI is InChI=1S/C35H42N4O6/c1-35(18-26-19-36-29-10-6-5-9-28(26)29,39-34(44)45-32-24-12-22-11-23(14-24)15-25(32)13-22)33(43)38-27(16-21-7-3-2-4-8-21)17-30(40)37-20-31(41)42/h2-10,19,22-25,27,32,36H,11-18,20H2,1H3,(H,37,40)(H,38,43)(H,39,44)(H,41,42)/t22?,23?,24?,25?,27-,32?,35+/m0/s1. The molecule has 3 amide bonds. The number of carbonyl (C=O) groups is 4. The number of hydrogen-bond acceptors (Lipinski definition) is 5. The minimum absolute atomic E-state index is 0.130. The molecule has 4 bridgehead atoms. The Morgan fingerprint density at radius 2 is 1.62 bits per heavy atom. The molecule has 10 nitrogen and oxygen atoms in total. The van der Waals surface area contributed by atoms with Crippen molar-refractivity contribution >= 4 is 34.8 Å². The van der Waals surface area contributed by atoms with E-state index in [0.29, 0.717) is 18.3 Å². The molecule has 3 aromatic rings. The summed E-state index contributed by atoms with van der Waals surface area (Å²) in [6.45, 7) is 1.17. The number of carboxylic acid groups (broad SMARTS) is 1. The van der Waals surface area contributed by atoms with Gasteiger partial charge in [0.25, 0.3) is 0 Å². The Morgan fingerprint density at radius 1 is 0.956 bits per heavy atom. The lowest BCUT2D eigenvalue weighted by molar-refractivity contribution is -0.138. The van der Waals surface area contributed by atoms with Gasteiger partial charge in [-0.05, 0) is 86.3 Å². The molecule has 4 saturated carbocycles. The van der Waals surface area contributed by atoms with Crippen molar-refractivity contribution in [3.8, 4) is 0 Å². The fourth-order valence-corrected chi connectivity index (χ4v) is 8.17. The maximum absolute atomic E-state index is 14.2. The van der Waals surface area contributed by atoms with Crippen LogP contribution in [0.15, 0.2) is 60.8 Å². The average molecular weight is 615 g/mol. The summed E-state index contributed by atoms with van der Waals surface area (Å²) in [6.07, 6.45) is 7.20. The molecule has 1 aromatic heterocycles. The minimum Gasteiger partial charge on any atom is -0.480 e. The molecule has 238 valence electrons. The van der Waals surface area contributed by atoms with Crippen LogP contribution in [0.5, 0.6) is 0 Å². The maximum atomic E-state index is 14.2. The molecule has 2 atom stereocenters. The first-order chi connectivity index (χ1) is 21.6. The highest BCUT2D eigenvalue weighted by molar-refractivity contribution is 5.92. The van der Waals surface area contributed by atoms with Gasteiger partial charge in [0.1, 0.15) is 18.2 Å². The Balaban J connectivity index is 1.22. The van der Waals surface area contributed by atoms with Crippen LogP contribution in [0.3, 0.4) is 0 Å². The van der Waals surface area contributed by atoms with E-state index in [0.717, 1.165) is 59.5 Å². The number of nitrogens with one attached hydrogen (secondary N) is 4. The van der Waals surface area contributed by atoms with Crippen molar-refractivity contribution in [2.45, 2.75) is 76.0 Å². The van der Waals surface area contributed by atoms with Crippen molar-refractivity contribution < 1.29 is 29.0 Å². The quantitative estimate of drug-likeness (QED) is 0.205. The Hall–Kier alpha value is -4.34. The third-order valence-electron chi connectivity index (χ3n) is 10.0. The van der Waals surface area contributed by atoms with Gasteiger partial charge >= 0.3 is 12.1 Å². The zero-order valence-electron chi connectivity index (χ0n) is 25.6. The number of fused-ring (bicyclic) bond motifs is 1. The summed E-state index contributed by atoms with van der Waals surface area (Å²) in [5, 5.41) is 18.3. The van der Waals surface area contributed by atoms with Gasteiger partial charge in [-0.2, -0.15) is 0 Å². The Labute approximate surface area is 262 Å². The molecule has 0 unspecified atom stereocenters. The third-order valence-corrected chi connectivity index (χ3v) is 10.0. The van der Waals surface area contributed by atoms with Gasteiger partial charge in [-0.25, -0.2) is 4.79 Å². The number of ether oxygens (including phenoxy) is 1. The minimum atomic E-state index is -1.42. The molecule has 45 heavy (non-hydrogen) atoms. The van der Waals surface area contributed by atoms with E-state index >= 15 is 0 Å². The van der Waals surface area contributed by atoms with Crippen LogP contribution in [0, 0.1) is 23.7 Å². The lowest BCUT2D eigenvalue weighted by Gasteiger charge is -2.53. The van der Waals surface area contributed by atoms with Crippen molar-refractivity contribution in [1.82, 2.24) is 20.9 Å². The highest BCUT2D eigenvalue weighted by Gasteiger charge is 2.50. The number of H-pyrrole nitrogens is 1. The van der Waals surface area contributed by atoms with Gasteiger partial charge in [0, 0.05) is 36.0 Å². The van der Waals surface area contributed by atoms with Gasteiger partial charge in [-0.15, -0.1) is 0 Å². The van der Waals surface area contributed by atoms with E-state index in [-0.39, 0.29) is 18.9 Å². The molecule has 4 aliphatic carbocycles. The first-order valence-corrected chi connectivity index (χ1v) is 16.0. The molecule has 0 spiro atoms. The highest BCUT2D eigenvalue weighted by Crippen LogP contribution is 2.54. The molecule has 5 N–H and O–H groups in total. The number of aliphatic carboxylic acids is 1. The van der Waals surface area contributed by atoms with Crippen molar-refractivity contribution in [1.29, 1.82) is 0 Å². The summed E-state index contributed by atoms with van der Waals surface area (Å²) in [5.41, 5.74) is 1.27. The van der Waals surface area contributed by atoms with E-state index in [4.69, 9.17) is 9.84 Å². The molecule has 10 heteroatoms. The van der Waals surface area contributed by atoms with Gasteiger partial charge in [0.15, 0.2) is 0 Å². The van der Waals surface area contributed by atoms with Gasteiger partial charge in [0.05, 0.1) is 0 Å². The molecule has 0 radical (unpaired) electrons. The number of hydrogen-bond donors (Lipinski definition) is 5. The number of para-hydroxylation sites is 1. The van der Waals surface area contributed by atoms with Crippen molar-refractivity contribution in [3.63, 3.8) is 0 Å². The molecular formula is C35H42N4O6. The van der Waals surface area contributed by atoms with Crippen molar-refractivity contribution in [2.75, 3.05) is 6.54 Å². The zero-order chi connectivity index (χ0) is 31.6. The van der Waals surface area contributed by atoms with Crippen LogP contribution in [0.1, 0.15) is 56.6 Å². The molecule has 4 fully saturated rings. The molecule has 1 heterocycles. The molecule has 7 rings (SSSR count). The van der Waals surface area contributed by atoms with Crippen LogP contribution in [-0.2, 0) is 32.0 Å². The van der Waals surface area contributed by atoms with Gasteiger partial charge in [0.2, 0.25) is 11.8 Å². The molecule has 0 saturated heterocycles. The molecule has 4 aliphatic rings. The fourth-order valence-electron chi connectivity index (χ4n) is 8.17. The number of benzene rings is 2. The highest BCUT2D eigenvalue weighted by atomic mass is 16.6. The monoisotopic (exact) mass is 614 g/mol. The summed E-state index contributed by atoms with van der Waals surface area (Å²) in [5.74, 6) is 0.124. The second kappa shape index (κ2) is 12.9. The Bertz CT molecular complexity index is 1530. The second-order valence-electron chi connectivity index (χ2n) is 13.5. The summed E-state index contributed by atoms with van der Waals surface area (Å²) in [4.78, 5) is 54.8. The number of aromatic nitrogens is 1. The van der Waals surface area contributed by atoms with E-state index in [1.165, 1.54) is 6.42 Å². The van der Waals surface area contributed by atoms with E-state index in [9.17, 15) is 19.2 Å². The van der Waals surface area contributed by atoms with E-state index < -0.39 is 42.0 Å². The number of carbonyl (C=O) groups excluding carboxylic acids is 3. The predicted molar refractivity (Wildman–Crippen MR) is 168 cm³/mol. The van der Waals surface area contributed by atoms with E-state index in [1.807, 2.05) is 60.8 Å². The predicted octanol–water partition coefficient (Wildman–Crippen LogP) is 4.34. The van der Waals surface area contributed by atoms with Crippen molar-refractivity contribution in [3.05, 3.63) is 71.9 Å². The number of amides is 3. The zero-order valence-corrected chi connectivity index (χ0v) is 25.6. The summed E-state index contributed by atoms with van der Waals surface area (Å²) < 4.78 is 6.14. The Kier molecular flexibility index (Phi) is 8.83.